The highest BCUT2D eigenvalue weighted by Gasteiger charge is 2.18. The third kappa shape index (κ3) is 5.17. The number of hydrogen-bond acceptors (Lipinski definition) is 5. The molecule has 8 heteroatoms. The summed E-state index contributed by atoms with van der Waals surface area (Å²) in [5.74, 6) is -0.533. The minimum Gasteiger partial charge on any atom is -0.478 e. The summed E-state index contributed by atoms with van der Waals surface area (Å²) in [4.78, 5) is 26.1. The Kier molecular flexibility index (Phi) is 7.07. The Labute approximate surface area is 197 Å². The molecule has 3 aromatic carbocycles. The average molecular weight is 456 g/mol. The number of anilines is 1. The molecule has 0 aliphatic heterocycles. The van der Waals surface area contributed by atoms with Gasteiger partial charge in [-0.2, -0.15) is 5.21 Å². The molecule has 0 aliphatic rings. The molecule has 8 nitrogen and oxygen atoms in total. The number of carbonyl (C=O) groups is 2. The zero-order valence-corrected chi connectivity index (χ0v) is 18.8. The van der Waals surface area contributed by atoms with Crippen molar-refractivity contribution in [1.82, 2.24) is 20.6 Å². The van der Waals surface area contributed by atoms with Gasteiger partial charge in [-0.3, -0.25) is 4.79 Å². The molecule has 0 spiro atoms. The Morgan fingerprint density at radius 3 is 2.41 bits per heavy atom. The fraction of sp³-hybridized carbons (Fsp3) is 0.192. The Morgan fingerprint density at radius 2 is 1.74 bits per heavy atom. The number of nitrogens with zero attached hydrogens (tertiary/aromatic N) is 4. The summed E-state index contributed by atoms with van der Waals surface area (Å²) >= 11 is 0. The highest BCUT2D eigenvalue weighted by atomic mass is 16.4. The van der Waals surface area contributed by atoms with Crippen LogP contribution in [0.25, 0.3) is 22.5 Å². The molecule has 0 atom stereocenters. The zero-order valence-electron chi connectivity index (χ0n) is 18.8. The largest absolute Gasteiger partial charge is 0.478 e. The summed E-state index contributed by atoms with van der Waals surface area (Å²) in [6.07, 6.45) is 2.09. The van der Waals surface area contributed by atoms with E-state index in [0.29, 0.717) is 24.5 Å². The zero-order chi connectivity index (χ0) is 23.9. The van der Waals surface area contributed by atoms with Crippen molar-refractivity contribution >= 4 is 17.6 Å². The number of carbonyl (C=O) groups excluding carboxylic acids is 1. The van der Waals surface area contributed by atoms with Crippen molar-refractivity contribution in [2.45, 2.75) is 32.7 Å². The second-order valence-corrected chi connectivity index (χ2v) is 7.92. The van der Waals surface area contributed by atoms with Crippen LogP contribution in [0.5, 0.6) is 0 Å². The van der Waals surface area contributed by atoms with Crippen molar-refractivity contribution in [2.75, 3.05) is 4.90 Å². The molecule has 4 aromatic rings. The number of carboxylic acids is 1. The van der Waals surface area contributed by atoms with Gasteiger partial charge in [0.25, 0.3) is 0 Å². The number of nitrogens with one attached hydrogen (secondary N) is 1. The lowest BCUT2D eigenvalue weighted by atomic mass is 9.98. The van der Waals surface area contributed by atoms with Gasteiger partial charge in [-0.1, -0.05) is 67.9 Å². The first-order valence-electron chi connectivity index (χ1n) is 11.1. The predicted molar refractivity (Wildman–Crippen MR) is 129 cm³/mol. The molecule has 4 rings (SSSR count). The lowest BCUT2D eigenvalue weighted by Gasteiger charge is -2.24. The topological polar surface area (TPSA) is 112 Å². The number of carboxylic acid groups (broad SMARTS) is 1. The van der Waals surface area contributed by atoms with E-state index in [-0.39, 0.29) is 11.5 Å². The van der Waals surface area contributed by atoms with Gasteiger partial charge >= 0.3 is 5.97 Å². The van der Waals surface area contributed by atoms with Crippen LogP contribution in [0.4, 0.5) is 5.69 Å². The van der Waals surface area contributed by atoms with Crippen LogP contribution >= 0.6 is 0 Å². The maximum atomic E-state index is 13.0. The first-order chi connectivity index (χ1) is 16.6. The Morgan fingerprint density at radius 1 is 0.971 bits per heavy atom. The van der Waals surface area contributed by atoms with Crippen LogP contribution < -0.4 is 4.90 Å². The van der Waals surface area contributed by atoms with E-state index in [1.54, 1.807) is 23.1 Å². The third-order valence-electron chi connectivity index (χ3n) is 5.57. The second-order valence-electron chi connectivity index (χ2n) is 7.92. The Hall–Kier alpha value is -4.33. The summed E-state index contributed by atoms with van der Waals surface area (Å²) in [6.45, 7) is 2.38. The number of unbranched alkanes of at least 4 members (excludes halogenated alkanes) is 1. The first-order valence-corrected chi connectivity index (χ1v) is 11.1. The summed E-state index contributed by atoms with van der Waals surface area (Å²) in [6, 6.07) is 22.3. The molecule has 0 saturated carbocycles. The molecule has 1 heterocycles. The third-order valence-corrected chi connectivity index (χ3v) is 5.57. The summed E-state index contributed by atoms with van der Waals surface area (Å²) < 4.78 is 0. The summed E-state index contributed by atoms with van der Waals surface area (Å²) in [7, 11) is 0. The Bertz CT molecular complexity index is 1270. The van der Waals surface area contributed by atoms with Gasteiger partial charge in [0, 0.05) is 17.7 Å². The van der Waals surface area contributed by atoms with Crippen LogP contribution in [0.1, 0.15) is 42.1 Å². The number of rotatable bonds is 9. The number of aromatic nitrogens is 4. The fourth-order valence-electron chi connectivity index (χ4n) is 3.77. The minimum atomic E-state index is -1.02. The summed E-state index contributed by atoms with van der Waals surface area (Å²) in [5.41, 5.74) is 4.49. The lowest BCUT2D eigenvalue weighted by molar-refractivity contribution is -0.118. The van der Waals surface area contributed by atoms with Crippen LogP contribution in [0.2, 0.25) is 0 Å². The van der Waals surface area contributed by atoms with Gasteiger partial charge in [-0.15, -0.1) is 10.2 Å². The number of H-pyrrole nitrogens is 1. The molecule has 1 aromatic heterocycles. The van der Waals surface area contributed by atoms with E-state index in [9.17, 15) is 14.7 Å². The lowest BCUT2D eigenvalue weighted by Crippen LogP contribution is -2.30. The monoisotopic (exact) mass is 455 g/mol. The second kappa shape index (κ2) is 10.5. The van der Waals surface area contributed by atoms with Crippen molar-refractivity contribution < 1.29 is 14.7 Å². The molecule has 0 radical (unpaired) electrons. The Balaban J connectivity index is 1.62. The van der Waals surface area contributed by atoms with Gasteiger partial charge < -0.3 is 10.0 Å². The van der Waals surface area contributed by atoms with Crippen molar-refractivity contribution in [3.8, 4) is 22.5 Å². The van der Waals surface area contributed by atoms with Crippen LogP contribution in [0.15, 0.2) is 72.8 Å². The highest BCUT2D eigenvalue weighted by Crippen LogP contribution is 2.30. The number of benzene rings is 3. The van der Waals surface area contributed by atoms with Crippen molar-refractivity contribution in [1.29, 1.82) is 0 Å². The maximum Gasteiger partial charge on any atom is 0.335 e. The number of hydrogen-bond donors (Lipinski definition) is 2. The van der Waals surface area contributed by atoms with E-state index in [4.69, 9.17) is 0 Å². The van der Waals surface area contributed by atoms with Crippen molar-refractivity contribution in [2.24, 2.45) is 0 Å². The molecule has 34 heavy (non-hydrogen) atoms. The SMILES string of the molecule is CCCCC(=O)N(Cc1ccc(-c2ccccc2-c2nn[nH]n2)cc1)c1cccc(C(=O)O)c1. The smallest absolute Gasteiger partial charge is 0.335 e. The van der Waals surface area contributed by atoms with Crippen LogP contribution in [0, 0.1) is 0 Å². The number of tetrazole rings is 1. The molecule has 0 saturated heterocycles. The first kappa shape index (κ1) is 22.8. The molecule has 172 valence electrons. The van der Waals surface area contributed by atoms with E-state index < -0.39 is 5.97 Å². The van der Waals surface area contributed by atoms with E-state index in [1.165, 1.54) is 6.07 Å². The molecule has 0 aliphatic carbocycles. The average Bonchev–Trinajstić information content (AvgIpc) is 3.41. The molecule has 0 bridgehead atoms. The molecule has 0 fully saturated rings. The van der Waals surface area contributed by atoms with E-state index in [2.05, 4.69) is 20.6 Å². The summed E-state index contributed by atoms with van der Waals surface area (Å²) in [5, 5.41) is 23.7. The van der Waals surface area contributed by atoms with Crippen molar-refractivity contribution in [3.05, 3.63) is 83.9 Å². The molecular formula is C26H25N5O3. The fourth-order valence-corrected chi connectivity index (χ4v) is 3.77. The van der Waals surface area contributed by atoms with Gasteiger partial charge in [-0.05, 0) is 46.5 Å². The minimum absolute atomic E-state index is 0.0316. The van der Waals surface area contributed by atoms with E-state index in [0.717, 1.165) is 35.1 Å². The van der Waals surface area contributed by atoms with Gasteiger partial charge in [0.2, 0.25) is 11.7 Å². The molecule has 1 amide bonds. The quantitative estimate of drug-likeness (QED) is 0.369. The van der Waals surface area contributed by atoms with Gasteiger partial charge in [0.15, 0.2) is 0 Å². The van der Waals surface area contributed by atoms with Crippen LogP contribution in [-0.2, 0) is 11.3 Å². The van der Waals surface area contributed by atoms with Gasteiger partial charge in [0.1, 0.15) is 0 Å². The van der Waals surface area contributed by atoms with Crippen LogP contribution in [0.3, 0.4) is 0 Å². The molecular weight excluding hydrogens is 430 g/mol. The van der Waals surface area contributed by atoms with Gasteiger partial charge in [0.05, 0.1) is 12.1 Å². The van der Waals surface area contributed by atoms with E-state index >= 15 is 0 Å². The van der Waals surface area contributed by atoms with Gasteiger partial charge in [-0.25, -0.2) is 4.79 Å². The maximum absolute atomic E-state index is 13.0. The number of aromatic carboxylic acids is 1. The standard InChI is InChI=1S/C26H25N5O3/c1-2-3-11-24(32)31(21-8-6-7-20(16-21)26(33)34)17-18-12-14-19(15-13-18)22-9-4-5-10-23(22)25-27-29-30-28-25/h4-10,12-16H,2-3,11,17H2,1H3,(H,33,34)(H,27,28,29,30). The molecule has 2 N–H and O–H groups in total. The molecule has 0 unspecified atom stereocenters. The number of amides is 1. The number of aromatic amines is 1. The highest BCUT2D eigenvalue weighted by molar-refractivity contribution is 5.95. The van der Waals surface area contributed by atoms with E-state index in [1.807, 2.05) is 55.5 Å². The normalized spacial score (nSPS) is 10.7. The predicted octanol–water partition coefficient (Wildman–Crippen LogP) is 4.96. The van der Waals surface area contributed by atoms with Crippen LogP contribution in [-0.4, -0.2) is 37.6 Å². The van der Waals surface area contributed by atoms with Crippen molar-refractivity contribution in [3.63, 3.8) is 0 Å².